The van der Waals surface area contributed by atoms with E-state index in [1.165, 1.54) is 29.8 Å². The number of nitro benzene ring substituents is 1. The normalized spacial score (nSPS) is 16.2. The van der Waals surface area contributed by atoms with Crippen LogP contribution in [0.5, 0.6) is 0 Å². The molecule has 2 heterocycles. The molecule has 1 aliphatic heterocycles. The van der Waals surface area contributed by atoms with Crippen molar-refractivity contribution in [3.8, 4) is 0 Å². The molecule has 0 saturated carbocycles. The Morgan fingerprint density at radius 3 is 2.25 bits per heavy atom. The Labute approximate surface area is 161 Å². The highest BCUT2D eigenvalue weighted by atomic mass is 16.6. The summed E-state index contributed by atoms with van der Waals surface area (Å²) >= 11 is 0. The summed E-state index contributed by atoms with van der Waals surface area (Å²) in [7, 11) is 3.09. The predicted octanol–water partition coefficient (Wildman–Crippen LogP) is -0.152. The van der Waals surface area contributed by atoms with E-state index < -0.39 is 11.0 Å². The van der Waals surface area contributed by atoms with Gasteiger partial charge in [-0.2, -0.15) is 0 Å². The van der Waals surface area contributed by atoms with Crippen LogP contribution in [-0.4, -0.2) is 56.8 Å². The Hall–Kier alpha value is -2.98. The summed E-state index contributed by atoms with van der Waals surface area (Å²) in [6.45, 7) is 2.96. The zero-order valence-corrected chi connectivity index (χ0v) is 15.8. The number of rotatable bonds is 5. The lowest BCUT2D eigenvalue weighted by Gasteiger charge is -2.37. The van der Waals surface area contributed by atoms with Crippen molar-refractivity contribution in [2.45, 2.75) is 6.10 Å². The number of hydrogen-bond acceptors (Lipinski definition) is 7. The Balaban J connectivity index is 1.62. The summed E-state index contributed by atoms with van der Waals surface area (Å²) < 4.78 is 2.53. The van der Waals surface area contributed by atoms with Crippen LogP contribution in [0.4, 0.5) is 11.5 Å². The van der Waals surface area contributed by atoms with Crippen LogP contribution in [0.15, 0.2) is 39.9 Å². The Bertz CT molecular complexity index is 973. The van der Waals surface area contributed by atoms with E-state index in [9.17, 15) is 24.8 Å². The van der Waals surface area contributed by atoms with Gasteiger partial charge in [0.2, 0.25) is 0 Å². The van der Waals surface area contributed by atoms with E-state index in [2.05, 4.69) is 4.90 Å². The summed E-state index contributed by atoms with van der Waals surface area (Å²) in [5.41, 5.74) is -0.0844. The third-order valence-corrected chi connectivity index (χ3v) is 5.12. The van der Waals surface area contributed by atoms with Crippen molar-refractivity contribution in [2.24, 2.45) is 14.1 Å². The molecule has 1 saturated heterocycles. The van der Waals surface area contributed by atoms with E-state index in [0.29, 0.717) is 44.1 Å². The van der Waals surface area contributed by atoms with Gasteiger partial charge in [-0.05, 0) is 17.7 Å². The number of aliphatic hydroxyl groups excluding tert-OH is 1. The lowest BCUT2D eigenvalue weighted by Crippen LogP contribution is -2.50. The molecule has 0 amide bonds. The second-order valence-corrected chi connectivity index (χ2v) is 6.89. The molecule has 0 spiro atoms. The van der Waals surface area contributed by atoms with Gasteiger partial charge in [0.1, 0.15) is 5.82 Å². The van der Waals surface area contributed by atoms with Crippen molar-refractivity contribution in [1.82, 2.24) is 14.0 Å². The van der Waals surface area contributed by atoms with Crippen molar-refractivity contribution in [2.75, 3.05) is 37.6 Å². The molecule has 150 valence electrons. The maximum atomic E-state index is 12.1. The van der Waals surface area contributed by atoms with E-state index in [1.54, 1.807) is 19.2 Å². The first-order valence-corrected chi connectivity index (χ1v) is 8.94. The highest BCUT2D eigenvalue weighted by Gasteiger charge is 2.22. The van der Waals surface area contributed by atoms with Crippen LogP contribution >= 0.6 is 0 Å². The minimum atomic E-state index is -0.749. The first kappa shape index (κ1) is 19.8. The van der Waals surface area contributed by atoms with Gasteiger partial charge in [-0.25, -0.2) is 4.79 Å². The van der Waals surface area contributed by atoms with Crippen LogP contribution in [0, 0.1) is 10.1 Å². The standard InChI is InChI=1S/C18H23N5O5/c1-19-16(11-17(25)20(2)18(19)26)22-9-7-21(8-10-22)12-15(24)13-3-5-14(6-4-13)23(27)28/h3-6,11,15,24H,7-10,12H2,1-2H3. The summed E-state index contributed by atoms with van der Waals surface area (Å²) in [5.74, 6) is 0.587. The van der Waals surface area contributed by atoms with Gasteiger partial charge in [-0.1, -0.05) is 0 Å². The Kier molecular flexibility index (Phi) is 5.61. The molecule has 1 atom stereocenters. The molecular weight excluding hydrogens is 366 g/mol. The average molecular weight is 389 g/mol. The smallest absolute Gasteiger partial charge is 0.332 e. The molecule has 3 rings (SSSR count). The second kappa shape index (κ2) is 7.95. The lowest BCUT2D eigenvalue weighted by molar-refractivity contribution is -0.384. The molecule has 1 aromatic carbocycles. The molecule has 1 unspecified atom stereocenters. The van der Waals surface area contributed by atoms with Crippen molar-refractivity contribution in [1.29, 1.82) is 0 Å². The zero-order chi connectivity index (χ0) is 20.4. The van der Waals surface area contributed by atoms with Gasteiger partial charge in [0.25, 0.3) is 11.2 Å². The van der Waals surface area contributed by atoms with Crippen LogP contribution in [0.2, 0.25) is 0 Å². The van der Waals surface area contributed by atoms with Crippen molar-refractivity contribution in [3.05, 3.63) is 66.8 Å². The number of piperazine rings is 1. The van der Waals surface area contributed by atoms with Gasteiger partial charge < -0.3 is 10.0 Å². The first-order chi connectivity index (χ1) is 13.3. The van der Waals surface area contributed by atoms with Gasteiger partial charge in [-0.3, -0.25) is 28.9 Å². The molecule has 28 heavy (non-hydrogen) atoms. The van der Waals surface area contributed by atoms with Crippen LogP contribution in [-0.2, 0) is 14.1 Å². The van der Waals surface area contributed by atoms with Crippen LogP contribution in [0.1, 0.15) is 11.7 Å². The first-order valence-electron chi connectivity index (χ1n) is 8.94. The molecular formula is C18H23N5O5. The topological polar surface area (TPSA) is 114 Å². The minimum absolute atomic E-state index is 0.0100. The molecule has 0 radical (unpaired) electrons. The number of anilines is 1. The molecule has 0 aliphatic carbocycles. The molecule has 10 heteroatoms. The summed E-state index contributed by atoms with van der Waals surface area (Å²) in [4.78, 5) is 38.3. The summed E-state index contributed by atoms with van der Waals surface area (Å²) in [5, 5.41) is 21.1. The van der Waals surface area contributed by atoms with Gasteiger partial charge in [0, 0.05) is 65.0 Å². The number of nitrogens with zero attached hydrogens (tertiary/aromatic N) is 5. The van der Waals surface area contributed by atoms with Crippen LogP contribution < -0.4 is 16.1 Å². The Morgan fingerprint density at radius 1 is 1.07 bits per heavy atom. The van der Waals surface area contributed by atoms with E-state index in [1.807, 2.05) is 4.90 Å². The minimum Gasteiger partial charge on any atom is -0.387 e. The fourth-order valence-corrected chi connectivity index (χ4v) is 3.35. The monoisotopic (exact) mass is 389 g/mol. The van der Waals surface area contributed by atoms with Crippen molar-refractivity contribution >= 4 is 11.5 Å². The highest BCUT2D eigenvalue weighted by Crippen LogP contribution is 2.20. The number of aromatic nitrogens is 2. The fraction of sp³-hybridized carbons (Fsp3) is 0.444. The van der Waals surface area contributed by atoms with Gasteiger partial charge in [0.15, 0.2) is 0 Å². The maximum absolute atomic E-state index is 12.1. The average Bonchev–Trinajstić information content (AvgIpc) is 2.70. The summed E-state index contributed by atoms with van der Waals surface area (Å²) in [6.07, 6.45) is -0.749. The van der Waals surface area contributed by atoms with Gasteiger partial charge in [-0.15, -0.1) is 0 Å². The third kappa shape index (κ3) is 3.97. The molecule has 1 N–H and O–H groups in total. The number of hydrogen-bond donors (Lipinski definition) is 1. The summed E-state index contributed by atoms with van der Waals surface area (Å²) in [6, 6.07) is 7.35. The van der Waals surface area contributed by atoms with E-state index in [0.717, 1.165) is 4.57 Å². The quantitative estimate of drug-likeness (QED) is 0.559. The SMILES string of the molecule is Cn1c(N2CCN(CC(O)c3ccc([N+](=O)[O-])cc3)CC2)cc(=O)n(C)c1=O. The molecule has 2 aromatic rings. The number of nitro groups is 1. The number of β-amino-alcohol motifs (C(OH)–C–C–N with tert-alkyl or cyclic N) is 1. The number of benzene rings is 1. The van der Waals surface area contributed by atoms with Gasteiger partial charge in [0.05, 0.1) is 11.0 Å². The van der Waals surface area contributed by atoms with E-state index in [-0.39, 0.29) is 16.9 Å². The molecule has 0 bridgehead atoms. The molecule has 10 nitrogen and oxygen atoms in total. The lowest BCUT2D eigenvalue weighted by atomic mass is 10.1. The number of aliphatic hydroxyl groups is 1. The fourth-order valence-electron chi connectivity index (χ4n) is 3.35. The van der Waals surface area contributed by atoms with E-state index >= 15 is 0 Å². The van der Waals surface area contributed by atoms with Crippen LogP contribution in [0.25, 0.3) is 0 Å². The van der Waals surface area contributed by atoms with Crippen LogP contribution in [0.3, 0.4) is 0 Å². The van der Waals surface area contributed by atoms with E-state index in [4.69, 9.17) is 0 Å². The largest absolute Gasteiger partial charge is 0.387 e. The molecule has 1 aromatic heterocycles. The third-order valence-electron chi connectivity index (χ3n) is 5.12. The molecule has 1 fully saturated rings. The van der Waals surface area contributed by atoms with Gasteiger partial charge >= 0.3 is 5.69 Å². The predicted molar refractivity (Wildman–Crippen MR) is 104 cm³/mol. The second-order valence-electron chi connectivity index (χ2n) is 6.89. The molecule has 1 aliphatic rings. The highest BCUT2D eigenvalue weighted by molar-refractivity contribution is 5.39. The van der Waals surface area contributed by atoms with Crippen molar-refractivity contribution in [3.63, 3.8) is 0 Å². The van der Waals surface area contributed by atoms with Crippen molar-refractivity contribution < 1.29 is 10.0 Å². The number of non-ortho nitro benzene ring substituents is 1. The zero-order valence-electron chi connectivity index (χ0n) is 15.8. The Morgan fingerprint density at radius 2 is 1.68 bits per heavy atom. The maximum Gasteiger partial charge on any atom is 0.332 e.